The smallest absolute Gasteiger partial charge is 0.154 e. The Morgan fingerprint density at radius 3 is 2.32 bits per heavy atom. The third-order valence-electron chi connectivity index (χ3n) is 3.33. The zero-order chi connectivity index (χ0) is 14.8. The monoisotopic (exact) mass is 323 g/mol. The maximum absolute atomic E-state index is 12.0. The third-order valence-corrected chi connectivity index (χ3v) is 6.04. The van der Waals surface area contributed by atoms with Crippen LogP contribution in [0.4, 0.5) is 0 Å². The van der Waals surface area contributed by atoms with E-state index in [4.69, 9.17) is 23.2 Å². The number of nitrogens with one attached hydrogen (secondary N) is 1. The summed E-state index contributed by atoms with van der Waals surface area (Å²) in [6.45, 7) is 5.96. The standard InChI is InChI=1S/C13H19Cl2NO2S/c1-5-16-12(13(2,3)19(4,17)18)10-7-6-9(14)8-11(10)15/h6-8,12,16H,5H2,1-4H3. The molecule has 0 fully saturated rings. The second-order valence-electron chi connectivity index (χ2n) is 5.03. The quantitative estimate of drug-likeness (QED) is 0.902. The van der Waals surface area contributed by atoms with Crippen LogP contribution in [0.5, 0.6) is 0 Å². The largest absolute Gasteiger partial charge is 0.309 e. The van der Waals surface area contributed by atoms with Crippen molar-refractivity contribution in [1.29, 1.82) is 0 Å². The fourth-order valence-electron chi connectivity index (χ4n) is 1.88. The molecule has 6 heteroatoms. The number of sulfone groups is 1. The normalized spacial score (nSPS) is 14.4. The van der Waals surface area contributed by atoms with Crippen LogP contribution in [-0.4, -0.2) is 26.0 Å². The van der Waals surface area contributed by atoms with E-state index in [0.29, 0.717) is 16.6 Å². The van der Waals surface area contributed by atoms with Gasteiger partial charge in [-0.3, -0.25) is 0 Å². The molecule has 0 aromatic heterocycles. The van der Waals surface area contributed by atoms with Gasteiger partial charge in [0.2, 0.25) is 0 Å². The first-order chi connectivity index (χ1) is 8.61. The van der Waals surface area contributed by atoms with Gasteiger partial charge in [-0.15, -0.1) is 0 Å². The Morgan fingerprint density at radius 2 is 1.89 bits per heavy atom. The van der Waals surface area contributed by atoms with E-state index in [-0.39, 0.29) is 0 Å². The molecule has 0 amide bonds. The molecule has 19 heavy (non-hydrogen) atoms. The first-order valence-electron chi connectivity index (χ1n) is 5.99. The Hall–Kier alpha value is -0.290. The van der Waals surface area contributed by atoms with Crippen molar-refractivity contribution < 1.29 is 8.42 Å². The average Bonchev–Trinajstić information content (AvgIpc) is 2.25. The molecular weight excluding hydrogens is 305 g/mol. The van der Waals surface area contributed by atoms with E-state index in [2.05, 4.69) is 5.32 Å². The van der Waals surface area contributed by atoms with Crippen molar-refractivity contribution >= 4 is 33.0 Å². The van der Waals surface area contributed by atoms with E-state index in [0.717, 1.165) is 5.56 Å². The minimum absolute atomic E-state index is 0.391. The average molecular weight is 324 g/mol. The van der Waals surface area contributed by atoms with Crippen LogP contribution < -0.4 is 5.32 Å². The summed E-state index contributed by atoms with van der Waals surface area (Å²) in [6.07, 6.45) is 1.24. The fraction of sp³-hybridized carbons (Fsp3) is 0.538. The van der Waals surface area contributed by atoms with Crippen LogP contribution in [0.25, 0.3) is 0 Å². The first kappa shape index (κ1) is 16.8. The van der Waals surface area contributed by atoms with Crippen LogP contribution >= 0.6 is 23.2 Å². The van der Waals surface area contributed by atoms with E-state index in [1.807, 2.05) is 6.92 Å². The molecule has 0 saturated carbocycles. The molecule has 0 aliphatic heterocycles. The van der Waals surface area contributed by atoms with Crippen molar-refractivity contribution in [1.82, 2.24) is 5.32 Å². The van der Waals surface area contributed by atoms with Gasteiger partial charge in [-0.2, -0.15) is 0 Å². The lowest BCUT2D eigenvalue weighted by Gasteiger charge is -2.34. The van der Waals surface area contributed by atoms with Gasteiger partial charge in [-0.1, -0.05) is 36.2 Å². The van der Waals surface area contributed by atoms with E-state index >= 15 is 0 Å². The molecule has 1 rings (SSSR count). The molecule has 1 atom stereocenters. The molecule has 0 heterocycles. The molecule has 1 aromatic carbocycles. The van der Waals surface area contributed by atoms with Gasteiger partial charge in [0, 0.05) is 16.3 Å². The summed E-state index contributed by atoms with van der Waals surface area (Å²) in [7, 11) is -3.25. The number of hydrogen-bond donors (Lipinski definition) is 1. The van der Waals surface area contributed by atoms with Crippen molar-refractivity contribution in [2.45, 2.75) is 31.6 Å². The molecule has 108 valence electrons. The molecule has 0 aliphatic carbocycles. The van der Waals surface area contributed by atoms with Crippen molar-refractivity contribution in [3.8, 4) is 0 Å². The van der Waals surface area contributed by atoms with Crippen molar-refractivity contribution in [3.63, 3.8) is 0 Å². The zero-order valence-corrected chi connectivity index (χ0v) is 13.8. The highest BCUT2D eigenvalue weighted by Crippen LogP contribution is 2.36. The van der Waals surface area contributed by atoms with E-state index in [1.165, 1.54) is 6.26 Å². The Kier molecular flexibility index (Phi) is 5.29. The molecule has 0 aliphatic rings. The van der Waals surface area contributed by atoms with Gasteiger partial charge < -0.3 is 5.32 Å². The maximum atomic E-state index is 12.0. The van der Waals surface area contributed by atoms with Crippen LogP contribution in [0.3, 0.4) is 0 Å². The zero-order valence-electron chi connectivity index (χ0n) is 11.5. The van der Waals surface area contributed by atoms with Gasteiger partial charge in [0.15, 0.2) is 9.84 Å². The van der Waals surface area contributed by atoms with Gasteiger partial charge in [0.25, 0.3) is 0 Å². The lowest BCUT2D eigenvalue weighted by Crippen LogP contribution is -2.45. The number of hydrogen-bond acceptors (Lipinski definition) is 3. The minimum Gasteiger partial charge on any atom is -0.309 e. The van der Waals surface area contributed by atoms with E-state index in [9.17, 15) is 8.42 Å². The second kappa shape index (κ2) is 6.00. The molecule has 1 aromatic rings. The van der Waals surface area contributed by atoms with Crippen LogP contribution in [0.15, 0.2) is 18.2 Å². The van der Waals surface area contributed by atoms with Crippen molar-refractivity contribution in [3.05, 3.63) is 33.8 Å². The van der Waals surface area contributed by atoms with Gasteiger partial charge in [-0.25, -0.2) is 8.42 Å². The summed E-state index contributed by atoms with van der Waals surface area (Å²) in [5.74, 6) is 0. The molecule has 0 spiro atoms. The highest BCUT2D eigenvalue weighted by Gasteiger charge is 2.40. The summed E-state index contributed by atoms with van der Waals surface area (Å²) in [4.78, 5) is 0. The SMILES string of the molecule is CCNC(c1ccc(Cl)cc1Cl)C(C)(C)S(C)(=O)=O. The third kappa shape index (κ3) is 3.63. The summed E-state index contributed by atoms with van der Waals surface area (Å²) in [5.41, 5.74) is 0.739. The van der Waals surface area contributed by atoms with Gasteiger partial charge in [0.05, 0.1) is 10.8 Å². The lowest BCUT2D eigenvalue weighted by molar-refractivity contribution is 0.428. The fourth-order valence-corrected chi connectivity index (χ4v) is 3.04. The first-order valence-corrected chi connectivity index (χ1v) is 8.64. The number of benzene rings is 1. The maximum Gasteiger partial charge on any atom is 0.154 e. The Morgan fingerprint density at radius 1 is 1.32 bits per heavy atom. The number of halogens is 2. The molecule has 1 unspecified atom stereocenters. The summed E-state index contributed by atoms with van der Waals surface area (Å²) < 4.78 is 23.1. The van der Waals surface area contributed by atoms with Gasteiger partial charge >= 0.3 is 0 Å². The van der Waals surface area contributed by atoms with E-state index < -0.39 is 20.6 Å². The van der Waals surface area contributed by atoms with E-state index in [1.54, 1.807) is 32.0 Å². The predicted molar refractivity (Wildman–Crippen MR) is 81.8 cm³/mol. The molecule has 1 N–H and O–H groups in total. The van der Waals surface area contributed by atoms with Crippen molar-refractivity contribution in [2.75, 3.05) is 12.8 Å². The molecule has 0 saturated heterocycles. The van der Waals surface area contributed by atoms with Crippen LogP contribution in [0.2, 0.25) is 10.0 Å². The Bertz CT molecular complexity index is 556. The molecule has 0 radical (unpaired) electrons. The van der Waals surface area contributed by atoms with Gasteiger partial charge in [0.1, 0.15) is 0 Å². The van der Waals surface area contributed by atoms with Crippen molar-refractivity contribution in [2.24, 2.45) is 0 Å². The Labute approximate surface area is 125 Å². The Balaban J connectivity index is 3.36. The summed E-state index contributed by atoms with van der Waals surface area (Å²) in [5, 5.41) is 4.20. The van der Waals surface area contributed by atoms with Crippen LogP contribution in [0, 0.1) is 0 Å². The molecule has 3 nitrogen and oxygen atoms in total. The van der Waals surface area contributed by atoms with Gasteiger partial charge in [-0.05, 0) is 38.1 Å². The highest BCUT2D eigenvalue weighted by atomic mass is 35.5. The lowest BCUT2D eigenvalue weighted by atomic mass is 9.95. The van der Waals surface area contributed by atoms with Crippen LogP contribution in [-0.2, 0) is 9.84 Å². The number of rotatable bonds is 5. The summed E-state index contributed by atoms with van der Waals surface area (Å²) >= 11 is 12.1. The topological polar surface area (TPSA) is 46.2 Å². The highest BCUT2D eigenvalue weighted by molar-refractivity contribution is 7.92. The minimum atomic E-state index is -3.25. The predicted octanol–water partition coefficient (Wildman–Crippen LogP) is 3.47. The molecule has 0 bridgehead atoms. The molecular formula is C13H19Cl2NO2S. The summed E-state index contributed by atoms with van der Waals surface area (Å²) in [6, 6.07) is 4.72. The van der Waals surface area contributed by atoms with Crippen LogP contribution in [0.1, 0.15) is 32.4 Å². The second-order valence-corrected chi connectivity index (χ2v) is 8.47.